The van der Waals surface area contributed by atoms with Crippen molar-refractivity contribution in [2.24, 2.45) is 4.99 Å². The van der Waals surface area contributed by atoms with Gasteiger partial charge in [-0.25, -0.2) is 0 Å². The van der Waals surface area contributed by atoms with E-state index in [0.29, 0.717) is 15.4 Å². The fourth-order valence-corrected chi connectivity index (χ4v) is 4.40. The first-order valence-corrected chi connectivity index (χ1v) is 10.3. The molecule has 0 aliphatic heterocycles. The maximum Gasteiger partial charge on any atom is 0.326 e. The zero-order chi connectivity index (χ0) is 20.4. The molecular formula is C22H17ClN2O3S. The number of hydrogen-bond acceptors (Lipinski definition) is 4. The van der Waals surface area contributed by atoms with Crippen LogP contribution in [0, 0.1) is 0 Å². The molecular weight excluding hydrogens is 408 g/mol. The van der Waals surface area contributed by atoms with Gasteiger partial charge in [-0.15, -0.1) is 0 Å². The van der Waals surface area contributed by atoms with Gasteiger partial charge in [0.25, 0.3) is 5.91 Å². The first-order chi connectivity index (χ1) is 14.0. The third-order valence-corrected chi connectivity index (χ3v) is 5.71. The molecule has 0 aliphatic rings. The van der Waals surface area contributed by atoms with Gasteiger partial charge in [0.1, 0.15) is 6.54 Å². The summed E-state index contributed by atoms with van der Waals surface area (Å²) < 4.78 is 7.60. The van der Waals surface area contributed by atoms with Gasteiger partial charge >= 0.3 is 5.97 Å². The SMILES string of the molecule is CCOC(=O)Cn1c(=NC(=O)c2ccc3ccccc3c2)sc2cc(Cl)ccc21. The molecule has 29 heavy (non-hydrogen) atoms. The summed E-state index contributed by atoms with van der Waals surface area (Å²) in [6.45, 7) is 2.01. The molecule has 1 aromatic heterocycles. The molecule has 0 N–H and O–H groups in total. The number of halogens is 1. The lowest BCUT2D eigenvalue weighted by Gasteiger charge is -2.05. The van der Waals surface area contributed by atoms with Crippen LogP contribution in [0.25, 0.3) is 21.0 Å². The molecule has 5 nitrogen and oxygen atoms in total. The van der Waals surface area contributed by atoms with E-state index in [2.05, 4.69) is 4.99 Å². The summed E-state index contributed by atoms with van der Waals surface area (Å²) in [5, 5.41) is 2.60. The lowest BCUT2D eigenvalue weighted by Crippen LogP contribution is -2.23. The Balaban J connectivity index is 1.80. The van der Waals surface area contributed by atoms with Crippen molar-refractivity contribution in [3.63, 3.8) is 0 Å². The molecule has 0 saturated heterocycles. The van der Waals surface area contributed by atoms with Crippen LogP contribution in [0.1, 0.15) is 17.3 Å². The minimum absolute atomic E-state index is 0.0285. The first kappa shape index (κ1) is 19.4. The van der Waals surface area contributed by atoms with E-state index in [1.165, 1.54) is 11.3 Å². The monoisotopic (exact) mass is 424 g/mol. The Hall–Kier alpha value is -2.96. The van der Waals surface area contributed by atoms with E-state index in [-0.39, 0.29) is 25.0 Å². The molecule has 4 rings (SSSR count). The number of rotatable bonds is 4. The molecule has 4 aromatic rings. The van der Waals surface area contributed by atoms with Crippen molar-refractivity contribution in [3.05, 3.63) is 76.1 Å². The van der Waals surface area contributed by atoms with Gasteiger partial charge < -0.3 is 9.30 Å². The molecule has 0 unspecified atom stereocenters. The maximum atomic E-state index is 12.8. The van der Waals surface area contributed by atoms with Crippen molar-refractivity contribution in [3.8, 4) is 0 Å². The number of fused-ring (bicyclic) bond motifs is 2. The highest BCUT2D eigenvalue weighted by Gasteiger charge is 2.13. The van der Waals surface area contributed by atoms with Gasteiger partial charge in [0.15, 0.2) is 4.80 Å². The van der Waals surface area contributed by atoms with E-state index in [4.69, 9.17) is 16.3 Å². The number of carbonyl (C=O) groups excluding carboxylic acids is 2. The van der Waals surface area contributed by atoms with Gasteiger partial charge in [-0.3, -0.25) is 9.59 Å². The fraction of sp³-hybridized carbons (Fsp3) is 0.136. The maximum absolute atomic E-state index is 12.8. The van der Waals surface area contributed by atoms with Crippen LogP contribution < -0.4 is 4.80 Å². The minimum Gasteiger partial charge on any atom is -0.465 e. The minimum atomic E-state index is -0.387. The predicted octanol–water partition coefficient (Wildman–Crippen LogP) is 4.81. The summed E-state index contributed by atoms with van der Waals surface area (Å²) in [6, 6.07) is 18.7. The molecule has 0 spiro atoms. The first-order valence-electron chi connectivity index (χ1n) is 9.07. The normalized spacial score (nSPS) is 11.9. The molecule has 7 heteroatoms. The highest BCUT2D eigenvalue weighted by Crippen LogP contribution is 2.22. The highest BCUT2D eigenvalue weighted by atomic mass is 35.5. The lowest BCUT2D eigenvalue weighted by atomic mass is 10.1. The second-order valence-corrected chi connectivity index (χ2v) is 7.81. The van der Waals surface area contributed by atoms with Crippen molar-refractivity contribution in [1.82, 2.24) is 4.57 Å². The average Bonchev–Trinajstić information content (AvgIpc) is 3.03. The number of esters is 1. The summed E-state index contributed by atoms with van der Waals surface area (Å²) >= 11 is 7.41. The molecule has 0 bridgehead atoms. The molecule has 3 aromatic carbocycles. The van der Waals surface area contributed by atoms with Gasteiger partial charge in [-0.1, -0.05) is 53.3 Å². The quantitative estimate of drug-likeness (QED) is 0.441. The molecule has 146 valence electrons. The number of benzene rings is 3. The number of hydrogen-bond donors (Lipinski definition) is 0. The molecule has 0 atom stereocenters. The Morgan fingerprint density at radius 1 is 1.07 bits per heavy atom. The highest BCUT2D eigenvalue weighted by molar-refractivity contribution is 7.16. The Bertz CT molecular complexity index is 1310. The van der Waals surface area contributed by atoms with Crippen LogP contribution in [0.4, 0.5) is 0 Å². The Kier molecular flexibility index (Phi) is 5.47. The summed E-state index contributed by atoms with van der Waals surface area (Å²) in [4.78, 5) is 29.7. The van der Waals surface area contributed by atoms with Gasteiger partial charge in [0.05, 0.1) is 16.8 Å². The average molecular weight is 425 g/mol. The standard InChI is InChI=1S/C22H17ClN2O3S/c1-2-28-20(26)13-25-18-10-9-17(23)12-19(18)29-22(25)24-21(27)16-8-7-14-5-3-4-6-15(14)11-16/h3-12H,2,13H2,1H3. The van der Waals surface area contributed by atoms with Crippen LogP contribution in [-0.4, -0.2) is 23.1 Å². The van der Waals surface area contributed by atoms with Crippen molar-refractivity contribution >= 4 is 55.8 Å². The van der Waals surface area contributed by atoms with Crippen LogP contribution in [0.15, 0.2) is 65.7 Å². The zero-order valence-corrected chi connectivity index (χ0v) is 17.2. The largest absolute Gasteiger partial charge is 0.465 e. The topological polar surface area (TPSA) is 60.7 Å². The molecule has 1 heterocycles. The number of ether oxygens (including phenoxy) is 1. The van der Waals surface area contributed by atoms with E-state index < -0.39 is 0 Å². The predicted molar refractivity (Wildman–Crippen MR) is 115 cm³/mol. The molecule has 0 fully saturated rings. The van der Waals surface area contributed by atoms with Crippen LogP contribution >= 0.6 is 22.9 Å². The Labute approximate surface area is 175 Å². The van der Waals surface area contributed by atoms with E-state index in [9.17, 15) is 9.59 Å². The summed E-state index contributed by atoms with van der Waals surface area (Å²) in [5.74, 6) is -0.757. The van der Waals surface area contributed by atoms with E-state index >= 15 is 0 Å². The van der Waals surface area contributed by atoms with Gasteiger partial charge in [0, 0.05) is 10.6 Å². The third kappa shape index (κ3) is 4.09. The van der Waals surface area contributed by atoms with Crippen molar-refractivity contribution in [2.75, 3.05) is 6.61 Å². The van der Waals surface area contributed by atoms with Crippen LogP contribution in [0.3, 0.4) is 0 Å². The zero-order valence-electron chi connectivity index (χ0n) is 15.6. The molecule has 1 amide bonds. The number of thiazole rings is 1. The van der Waals surface area contributed by atoms with Crippen molar-refractivity contribution in [2.45, 2.75) is 13.5 Å². The van der Waals surface area contributed by atoms with Gasteiger partial charge in [0.2, 0.25) is 0 Å². The van der Waals surface area contributed by atoms with Crippen LogP contribution in [0.2, 0.25) is 5.02 Å². The second-order valence-electron chi connectivity index (χ2n) is 6.37. The summed E-state index contributed by atoms with van der Waals surface area (Å²) in [7, 11) is 0. The Morgan fingerprint density at radius 3 is 2.66 bits per heavy atom. The lowest BCUT2D eigenvalue weighted by molar-refractivity contribution is -0.143. The van der Waals surface area contributed by atoms with E-state index in [1.807, 2.05) is 42.5 Å². The summed E-state index contributed by atoms with van der Waals surface area (Å²) in [5.41, 5.74) is 1.26. The number of amides is 1. The Morgan fingerprint density at radius 2 is 1.86 bits per heavy atom. The van der Waals surface area contributed by atoms with Gasteiger partial charge in [-0.2, -0.15) is 4.99 Å². The molecule has 0 aliphatic carbocycles. The van der Waals surface area contributed by atoms with E-state index in [0.717, 1.165) is 21.0 Å². The molecule has 0 saturated carbocycles. The van der Waals surface area contributed by atoms with Gasteiger partial charge in [-0.05, 0) is 48.0 Å². The number of nitrogens with zero attached hydrogens (tertiary/aromatic N) is 2. The van der Waals surface area contributed by atoms with Crippen LogP contribution in [-0.2, 0) is 16.1 Å². The number of aromatic nitrogens is 1. The summed E-state index contributed by atoms with van der Waals surface area (Å²) in [6.07, 6.45) is 0. The molecule has 0 radical (unpaired) electrons. The van der Waals surface area contributed by atoms with Crippen LogP contribution in [0.5, 0.6) is 0 Å². The number of carbonyl (C=O) groups is 2. The van der Waals surface area contributed by atoms with E-state index in [1.54, 1.807) is 29.7 Å². The second kappa shape index (κ2) is 8.19. The fourth-order valence-electron chi connectivity index (χ4n) is 3.09. The van der Waals surface area contributed by atoms with Crippen molar-refractivity contribution in [1.29, 1.82) is 0 Å². The van der Waals surface area contributed by atoms with Crippen molar-refractivity contribution < 1.29 is 14.3 Å². The smallest absolute Gasteiger partial charge is 0.326 e. The third-order valence-electron chi connectivity index (χ3n) is 4.43.